The lowest BCUT2D eigenvalue weighted by molar-refractivity contribution is 0.653. The molecule has 270 valence electrons. The van der Waals surface area contributed by atoms with Crippen LogP contribution in [-0.4, -0.2) is 0 Å². The van der Waals surface area contributed by atoms with E-state index in [0.717, 1.165) is 17.8 Å². The van der Waals surface area contributed by atoms with Crippen LogP contribution >= 0.6 is 0 Å². The maximum Gasteiger partial charge on any atom is 0.0540 e. The summed E-state index contributed by atoms with van der Waals surface area (Å²) in [7, 11) is 0. The third-order valence-electron chi connectivity index (χ3n) is 12.5. The minimum absolute atomic E-state index is 0.140. The highest BCUT2D eigenvalue weighted by Gasteiger charge is 2.40. The maximum absolute atomic E-state index is 2.56. The first-order valence-corrected chi connectivity index (χ1v) is 19.9. The minimum atomic E-state index is -0.202. The number of anilines is 3. The van der Waals surface area contributed by atoms with E-state index in [-0.39, 0.29) is 10.8 Å². The fourth-order valence-electron chi connectivity index (χ4n) is 9.83. The number of hydrogen-bond acceptors (Lipinski definition) is 1. The number of rotatable bonds is 6. The molecule has 0 fully saturated rings. The van der Waals surface area contributed by atoms with Crippen LogP contribution in [-0.2, 0) is 10.8 Å². The van der Waals surface area contributed by atoms with Gasteiger partial charge in [-0.15, -0.1) is 0 Å². The van der Waals surface area contributed by atoms with E-state index >= 15 is 0 Å². The molecule has 3 aliphatic rings. The lowest BCUT2D eigenvalue weighted by Gasteiger charge is -2.34. The van der Waals surface area contributed by atoms with Crippen LogP contribution in [0.3, 0.4) is 0 Å². The van der Waals surface area contributed by atoms with Crippen molar-refractivity contribution in [3.05, 3.63) is 216 Å². The second kappa shape index (κ2) is 13.1. The number of para-hydroxylation sites is 1. The van der Waals surface area contributed by atoms with Crippen LogP contribution in [0.25, 0.3) is 50.1 Å². The van der Waals surface area contributed by atoms with Crippen LogP contribution < -0.4 is 4.90 Å². The largest absolute Gasteiger partial charge is 0.310 e. The van der Waals surface area contributed by atoms with Gasteiger partial charge in [-0.3, -0.25) is 0 Å². The Bertz CT molecular complexity index is 2770. The molecule has 0 aliphatic heterocycles. The summed E-state index contributed by atoms with van der Waals surface area (Å²) >= 11 is 0. The third-order valence-corrected chi connectivity index (χ3v) is 12.5. The molecule has 3 aliphatic carbocycles. The van der Waals surface area contributed by atoms with E-state index in [2.05, 4.69) is 221 Å². The van der Waals surface area contributed by atoms with Gasteiger partial charge in [-0.2, -0.15) is 0 Å². The van der Waals surface area contributed by atoms with Gasteiger partial charge in [0.25, 0.3) is 0 Å². The first-order chi connectivity index (χ1) is 27.3. The van der Waals surface area contributed by atoms with Crippen molar-refractivity contribution in [1.82, 2.24) is 0 Å². The lowest BCUT2D eigenvalue weighted by atomic mass is 9.80. The SMILES string of the molecule is CC1(C)C2=C(C=CCC=C2)c2ccc(N(c3ccccc3-c3ccccc3-c3ccccc3-c3ccccc3)c3cccc4c3C(C)(C)c3ccccc3-4)cc21. The van der Waals surface area contributed by atoms with Gasteiger partial charge in [0.1, 0.15) is 0 Å². The van der Waals surface area contributed by atoms with E-state index in [9.17, 15) is 0 Å². The molecule has 0 unspecified atom stereocenters. The van der Waals surface area contributed by atoms with Crippen LogP contribution in [0.2, 0.25) is 0 Å². The monoisotopic (exact) mass is 719 g/mol. The molecule has 0 bridgehead atoms. The Labute approximate surface area is 331 Å². The van der Waals surface area contributed by atoms with E-state index in [1.54, 1.807) is 0 Å². The van der Waals surface area contributed by atoms with Crippen LogP contribution in [0.15, 0.2) is 194 Å². The molecule has 56 heavy (non-hydrogen) atoms. The van der Waals surface area contributed by atoms with Gasteiger partial charge < -0.3 is 4.90 Å². The van der Waals surface area contributed by atoms with Gasteiger partial charge in [-0.25, -0.2) is 0 Å². The van der Waals surface area contributed by atoms with Gasteiger partial charge in [0.15, 0.2) is 0 Å². The average Bonchev–Trinajstić information content (AvgIpc) is 3.43. The van der Waals surface area contributed by atoms with E-state index in [4.69, 9.17) is 0 Å². The molecule has 0 spiro atoms. The van der Waals surface area contributed by atoms with Crippen molar-refractivity contribution in [2.75, 3.05) is 4.90 Å². The summed E-state index contributed by atoms with van der Waals surface area (Å²) in [5.41, 5.74) is 21.3. The Kier molecular flexibility index (Phi) is 7.97. The Morgan fingerprint density at radius 1 is 0.411 bits per heavy atom. The number of allylic oxidation sites excluding steroid dienone is 6. The number of hydrogen-bond donors (Lipinski definition) is 0. The molecule has 0 atom stereocenters. The molecule has 7 aromatic rings. The van der Waals surface area contributed by atoms with Gasteiger partial charge in [-0.05, 0) is 103 Å². The van der Waals surface area contributed by atoms with Gasteiger partial charge in [0.05, 0.1) is 11.4 Å². The van der Waals surface area contributed by atoms with Crippen LogP contribution in [0, 0.1) is 0 Å². The Morgan fingerprint density at radius 2 is 0.982 bits per heavy atom. The Morgan fingerprint density at radius 3 is 1.75 bits per heavy atom. The highest BCUT2D eigenvalue weighted by Crippen LogP contribution is 2.56. The van der Waals surface area contributed by atoms with Crippen LogP contribution in [0.4, 0.5) is 17.1 Å². The maximum atomic E-state index is 2.56. The van der Waals surface area contributed by atoms with Gasteiger partial charge in [0, 0.05) is 22.1 Å². The molecule has 1 nitrogen and oxygen atoms in total. The standard InChI is InChI=1S/C55H45N/c1-54(2)48-30-10-6-9-26-43(48)45-35-34-38(36-50(45)54)56(52-33-19-29-47-44-27-15-17-31-49(44)55(3,4)53(47)52)51-32-18-16-28-46(51)42-25-14-13-24-41(42)40-23-12-11-22-39(40)37-20-7-5-8-21-37/h5,7-36H,6H2,1-4H3. The Hall–Kier alpha value is -6.44. The first-order valence-electron chi connectivity index (χ1n) is 19.9. The summed E-state index contributed by atoms with van der Waals surface area (Å²) in [5.74, 6) is 0. The third kappa shape index (κ3) is 5.22. The average molecular weight is 720 g/mol. The quantitative estimate of drug-likeness (QED) is 0.165. The molecule has 10 rings (SSSR count). The van der Waals surface area contributed by atoms with Crippen molar-refractivity contribution < 1.29 is 0 Å². The van der Waals surface area contributed by atoms with Crippen LogP contribution in [0.1, 0.15) is 56.4 Å². The summed E-state index contributed by atoms with van der Waals surface area (Å²) in [5, 5.41) is 0. The van der Waals surface area contributed by atoms with Crippen molar-refractivity contribution in [3.8, 4) is 44.5 Å². The number of benzene rings is 7. The van der Waals surface area contributed by atoms with E-state index < -0.39 is 0 Å². The van der Waals surface area contributed by atoms with Gasteiger partial charge in [-0.1, -0.05) is 192 Å². The zero-order chi connectivity index (χ0) is 38.0. The van der Waals surface area contributed by atoms with Crippen LogP contribution in [0.5, 0.6) is 0 Å². The lowest BCUT2D eigenvalue weighted by Crippen LogP contribution is -2.22. The smallest absolute Gasteiger partial charge is 0.0540 e. The second-order valence-corrected chi connectivity index (χ2v) is 16.4. The fourth-order valence-corrected chi connectivity index (χ4v) is 9.83. The van der Waals surface area contributed by atoms with Crippen molar-refractivity contribution in [3.63, 3.8) is 0 Å². The minimum Gasteiger partial charge on any atom is -0.310 e. The predicted octanol–water partition coefficient (Wildman–Crippen LogP) is 15.0. The van der Waals surface area contributed by atoms with Gasteiger partial charge in [0.2, 0.25) is 0 Å². The zero-order valence-electron chi connectivity index (χ0n) is 32.6. The normalized spacial score (nSPS) is 15.5. The van der Waals surface area contributed by atoms with Gasteiger partial charge >= 0.3 is 0 Å². The molecular formula is C55H45N. The predicted molar refractivity (Wildman–Crippen MR) is 238 cm³/mol. The summed E-state index contributed by atoms with van der Waals surface area (Å²) in [4.78, 5) is 2.56. The summed E-state index contributed by atoms with van der Waals surface area (Å²) in [6, 6.07) is 60.7. The molecule has 0 N–H and O–H groups in total. The van der Waals surface area contributed by atoms with Crippen molar-refractivity contribution >= 4 is 22.6 Å². The van der Waals surface area contributed by atoms with Crippen molar-refractivity contribution in [2.45, 2.75) is 44.9 Å². The van der Waals surface area contributed by atoms with E-state index in [1.165, 1.54) is 83.6 Å². The van der Waals surface area contributed by atoms with E-state index in [0.29, 0.717) is 0 Å². The molecular weight excluding hydrogens is 675 g/mol. The Balaban J connectivity index is 1.23. The molecule has 0 saturated carbocycles. The number of fused-ring (bicyclic) bond motifs is 5. The first kappa shape index (κ1) is 34.1. The molecule has 0 aromatic heterocycles. The molecule has 0 saturated heterocycles. The second-order valence-electron chi connectivity index (χ2n) is 16.4. The molecule has 0 radical (unpaired) electrons. The molecule has 0 amide bonds. The van der Waals surface area contributed by atoms with Crippen molar-refractivity contribution in [2.24, 2.45) is 0 Å². The fraction of sp³-hybridized carbons (Fsp3) is 0.127. The molecule has 0 heterocycles. The molecule has 7 aromatic carbocycles. The number of nitrogens with zero attached hydrogens (tertiary/aromatic N) is 1. The highest BCUT2D eigenvalue weighted by molar-refractivity contribution is 5.99. The molecule has 1 heteroatoms. The summed E-state index contributed by atoms with van der Waals surface area (Å²) < 4.78 is 0. The topological polar surface area (TPSA) is 3.24 Å². The summed E-state index contributed by atoms with van der Waals surface area (Å²) in [6.07, 6.45) is 10.3. The zero-order valence-corrected chi connectivity index (χ0v) is 32.6. The van der Waals surface area contributed by atoms with E-state index in [1.807, 2.05) is 0 Å². The highest BCUT2D eigenvalue weighted by atomic mass is 15.1. The summed E-state index contributed by atoms with van der Waals surface area (Å²) in [6.45, 7) is 9.57. The van der Waals surface area contributed by atoms with Crippen molar-refractivity contribution in [1.29, 1.82) is 0 Å².